The van der Waals surface area contributed by atoms with Gasteiger partial charge in [0.05, 0.1) is 5.75 Å². The first-order chi connectivity index (χ1) is 9.56. The number of Topliss-reactive ketones (excluding diaryl/α,β-unsaturated/α-hetero) is 1. The molecule has 3 heteroatoms. The molecule has 0 spiro atoms. The van der Waals surface area contributed by atoms with Crippen LogP contribution in [0.5, 0.6) is 0 Å². The summed E-state index contributed by atoms with van der Waals surface area (Å²) in [6.45, 7) is 3.87. The molecule has 0 N–H and O–H groups in total. The molecule has 0 aliphatic heterocycles. The maximum Gasteiger partial charge on any atom is 0.175 e. The lowest BCUT2D eigenvalue weighted by Crippen LogP contribution is -2.13. The number of carbonyl (C=O) groups is 1. The minimum atomic E-state index is -1.17. The number of aryl methyl sites for hydroxylation is 2. The van der Waals surface area contributed by atoms with E-state index in [1.807, 2.05) is 62.4 Å². The molecular weight excluding hydrogens is 268 g/mol. The number of hydrogen-bond acceptors (Lipinski definition) is 2. The second kappa shape index (κ2) is 6.62. The normalized spacial score (nSPS) is 12.1. The summed E-state index contributed by atoms with van der Waals surface area (Å²) in [7, 11) is -1.17. The molecule has 1 atom stereocenters. The lowest BCUT2D eigenvalue weighted by atomic mass is 10.0. The minimum Gasteiger partial charge on any atom is -0.293 e. The average Bonchev–Trinajstić information content (AvgIpc) is 2.42. The van der Waals surface area contributed by atoms with E-state index < -0.39 is 10.8 Å². The van der Waals surface area contributed by atoms with Crippen molar-refractivity contribution < 1.29 is 9.00 Å². The van der Waals surface area contributed by atoms with E-state index >= 15 is 0 Å². The Balaban J connectivity index is 2.04. The Morgan fingerprint density at radius 3 is 2.45 bits per heavy atom. The predicted molar refractivity (Wildman–Crippen MR) is 83.4 cm³/mol. The van der Waals surface area contributed by atoms with Crippen LogP contribution >= 0.6 is 0 Å². The van der Waals surface area contributed by atoms with Crippen LogP contribution in [0.4, 0.5) is 0 Å². The van der Waals surface area contributed by atoms with Gasteiger partial charge in [0, 0.05) is 22.1 Å². The second-order valence-electron chi connectivity index (χ2n) is 4.96. The Morgan fingerprint density at radius 1 is 1.05 bits per heavy atom. The van der Waals surface area contributed by atoms with Gasteiger partial charge in [-0.15, -0.1) is 0 Å². The monoisotopic (exact) mass is 286 g/mol. The van der Waals surface area contributed by atoms with Gasteiger partial charge in [-0.05, 0) is 31.0 Å². The van der Waals surface area contributed by atoms with Crippen molar-refractivity contribution in [3.63, 3.8) is 0 Å². The molecule has 0 aliphatic carbocycles. The van der Waals surface area contributed by atoms with E-state index in [2.05, 4.69) is 0 Å². The van der Waals surface area contributed by atoms with Crippen LogP contribution in [0, 0.1) is 13.8 Å². The van der Waals surface area contributed by atoms with Crippen LogP contribution in [0.3, 0.4) is 0 Å². The molecule has 0 saturated carbocycles. The van der Waals surface area contributed by atoms with Gasteiger partial charge >= 0.3 is 0 Å². The molecule has 0 aliphatic rings. The van der Waals surface area contributed by atoms with E-state index in [4.69, 9.17) is 0 Å². The lowest BCUT2D eigenvalue weighted by Gasteiger charge is -2.06. The van der Waals surface area contributed by atoms with Crippen LogP contribution < -0.4 is 0 Å². The fraction of sp³-hybridized carbons (Fsp3) is 0.235. The first kappa shape index (κ1) is 14.7. The zero-order chi connectivity index (χ0) is 14.5. The molecule has 2 aromatic rings. The van der Waals surface area contributed by atoms with E-state index in [9.17, 15) is 9.00 Å². The minimum absolute atomic E-state index is 0.0412. The summed E-state index contributed by atoms with van der Waals surface area (Å²) in [5.74, 6) is 0.469. The molecule has 0 heterocycles. The van der Waals surface area contributed by atoms with Crippen LogP contribution in [0.25, 0.3) is 0 Å². The summed E-state index contributed by atoms with van der Waals surface area (Å²) in [5, 5.41) is 0. The van der Waals surface area contributed by atoms with Crippen LogP contribution in [-0.4, -0.2) is 15.7 Å². The maximum absolute atomic E-state index is 12.2. The molecule has 2 aromatic carbocycles. The number of carbonyl (C=O) groups excluding carboxylic acids is 1. The molecule has 104 valence electrons. The topological polar surface area (TPSA) is 34.1 Å². The Bertz CT molecular complexity index is 633. The van der Waals surface area contributed by atoms with E-state index in [1.165, 1.54) is 0 Å². The molecule has 0 bridgehead atoms. The zero-order valence-corrected chi connectivity index (χ0v) is 12.6. The largest absolute Gasteiger partial charge is 0.293 e. The zero-order valence-electron chi connectivity index (χ0n) is 11.8. The summed E-state index contributed by atoms with van der Waals surface area (Å²) < 4.78 is 12.1. The van der Waals surface area contributed by atoms with Crippen molar-refractivity contribution in [1.82, 2.24) is 0 Å². The van der Waals surface area contributed by atoms with Crippen molar-refractivity contribution in [3.8, 4) is 0 Å². The van der Waals surface area contributed by atoms with Crippen molar-refractivity contribution >= 4 is 16.6 Å². The van der Waals surface area contributed by atoms with E-state index in [-0.39, 0.29) is 11.5 Å². The number of ketones is 1. The molecule has 0 aromatic heterocycles. The highest BCUT2D eigenvalue weighted by Gasteiger charge is 2.13. The molecule has 2 nitrogen and oxygen atoms in total. The third-order valence-electron chi connectivity index (χ3n) is 3.16. The third kappa shape index (κ3) is 3.87. The van der Waals surface area contributed by atoms with Gasteiger partial charge in [0.15, 0.2) is 5.78 Å². The van der Waals surface area contributed by atoms with E-state index in [0.29, 0.717) is 11.3 Å². The highest BCUT2D eigenvalue weighted by molar-refractivity contribution is 7.85. The van der Waals surface area contributed by atoms with Crippen LogP contribution in [-0.2, 0) is 16.6 Å². The molecule has 0 radical (unpaired) electrons. The van der Waals surface area contributed by atoms with Crippen LogP contribution in [0.2, 0.25) is 0 Å². The number of benzene rings is 2. The summed E-state index contributed by atoms with van der Waals surface area (Å²) in [6.07, 6.45) is 0. The van der Waals surface area contributed by atoms with Crippen molar-refractivity contribution in [2.45, 2.75) is 19.6 Å². The number of rotatable bonds is 5. The molecule has 2 rings (SSSR count). The molecule has 20 heavy (non-hydrogen) atoms. The molecular formula is C17H18O2S. The smallest absolute Gasteiger partial charge is 0.175 e. The molecule has 0 fully saturated rings. The van der Waals surface area contributed by atoms with Crippen molar-refractivity contribution in [1.29, 1.82) is 0 Å². The first-order valence-corrected chi connectivity index (χ1v) is 8.04. The fourth-order valence-corrected chi connectivity index (χ4v) is 3.19. The third-order valence-corrected chi connectivity index (χ3v) is 4.40. The Hall–Kier alpha value is -1.74. The van der Waals surface area contributed by atoms with Gasteiger partial charge in [-0.2, -0.15) is 0 Å². The number of hydrogen-bond donors (Lipinski definition) is 0. The summed E-state index contributed by atoms with van der Waals surface area (Å²) in [4.78, 5) is 12.2. The van der Waals surface area contributed by atoms with Gasteiger partial charge in [0.25, 0.3) is 0 Å². The Kier molecular flexibility index (Phi) is 4.85. The van der Waals surface area contributed by atoms with Gasteiger partial charge in [0.2, 0.25) is 0 Å². The summed E-state index contributed by atoms with van der Waals surface area (Å²) >= 11 is 0. The SMILES string of the molecule is Cc1ccc(C)c(C(=O)CS(=O)Cc2ccccc2)c1. The second-order valence-corrected chi connectivity index (χ2v) is 6.41. The molecule has 0 saturated heterocycles. The maximum atomic E-state index is 12.2. The Labute approximate surface area is 122 Å². The van der Waals surface area contributed by atoms with Gasteiger partial charge in [-0.3, -0.25) is 9.00 Å². The summed E-state index contributed by atoms with van der Waals surface area (Å²) in [5.41, 5.74) is 3.68. The predicted octanol–water partition coefficient (Wildman–Crippen LogP) is 3.44. The first-order valence-electron chi connectivity index (χ1n) is 6.55. The fourth-order valence-electron chi connectivity index (χ4n) is 2.07. The van der Waals surface area contributed by atoms with Crippen molar-refractivity contribution in [3.05, 3.63) is 70.8 Å². The van der Waals surface area contributed by atoms with Gasteiger partial charge < -0.3 is 0 Å². The summed E-state index contributed by atoms with van der Waals surface area (Å²) in [6, 6.07) is 15.4. The van der Waals surface area contributed by atoms with E-state index in [1.54, 1.807) is 0 Å². The Morgan fingerprint density at radius 2 is 1.75 bits per heavy atom. The molecule has 1 unspecified atom stereocenters. The quantitative estimate of drug-likeness (QED) is 0.789. The molecule has 0 amide bonds. The van der Waals surface area contributed by atoms with Gasteiger partial charge in [-0.1, -0.05) is 48.0 Å². The highest BCUT2D eigenvalue weighted by atomic mass is 32.2. The van der Waals surface area contributed by atoms with Crippen LogP contribution in [0.15, 0.2) is 48.5 Å². The van der Waals surface area contributed by atoms with Gasteiger partial charge in [-0.25, -0.2) is 0 Å². The standard InChI is InChI=1S/C17H18O2S/c1-13-8-9-14(2)16(10-13)17(18)12-20(19)11-15-6-4-3-5-7-15/h3-10H,11-12H2,1-2H3. The van der Waals surface area contributed by atoms with Crippen molar-refractivity contribution in [2.24, 2.45) is 0 Å². The van der Waals surface area contributed by atoms with E-state index in [0.717, 1.165) is 16.7 Å². The van der Waals surface area contributed by atoms with Crippen LogP contribution in [0.1, 0.15) is 27.0 Å². The van der Waals surface area contributed by atoms with Gasteiger partial charge in [0.1, 0.15) is 0 Å². The highest BCUT2D eigenvalue weighted by Crippen LogP contribution is 2.13. The lowest BCUT2D eigenvalue weighted by molar-refractivity contribution is 0.102. The van der Waals surface area contributed by atoms with Crippen molar-refractivity contribution in [2.75, 3.05) is 5.75 Å². The average molecular weight is 286 g/mol.